The van der Waals surface area contributed by atoms with Gasteiger partial charge in [0.25, 0.3) is 0 Å². The predicted octanol–water partition coefficient (Wildman–Crippen LogP) is -2.41. The zero-order chi connectivity index (χ0) is 8.77. The van der Waals surface area contributed by atoms with Gasteiger partial charge >= 0.3 is 26.2 Å². The standard InChI is InChI=1S/C12H17.2ClH.Zr/c1-12(2,3)11-7-6-10(8-11)9-4-5-9;;;/h6-9H,4-5H2,1-3H3;2*1H;/q-1;;;+3/p-2. The maximum absolute atomic E-state index is 2.39. The van der Waals surface area contributed by atoms with Gasteiger partial charge < -0.3 is 24.8 Å². The molecule has 1 aromatic carbocycles. The minimum atomic E-state index is 0. The van der Waals surface area contributed by atoms with Gasteiger partial charge in [0.05, 0.1) is 0 Å². The molecule has 0 atom stereocenters. The van der Waals surface area contributed by atoms with Crippen LogP contribution >= 0.6 is 0 Å². The van der Waals surface area contributed by atoms with Gasteiger partial charge in [-0.05, 0) is 5.41 Å². The molecule has 0 heterocycles. The molecule has 0 nitrogen and oxygen atoms in total. The topological polar surface area (TPSA) is 0 Å². The molecule has 1 fully saturated rings. The Balaban J connectivity index is 0. The Kier molecular flexibility index (Phi) is 7.91. The first-order valence-electron chi connectivity index (χ1n) is 4.84. The van der Waals surface area contributed by atoms with Crippen LogP contribution in [0, 0.1) is 0 Å². The molecule has 3 heteroatoms. The van der Waals surface area contributed by atoms with E-state index in [-0.39, 0.29) is 51.0 Å². The van der Waals surface area contributed by atoms with E-state index in [1.807, 2.05) is 0 Å². The van der Waals surface area contributed by atoms with Crippen LogP contribution in [0.5, 0.6) is 0 Å². The van der Waals surface area contributed by atoms with E-state index in [0.29, 0.717) is 5.41 Å². The third-order valence-corrected chi connectivity index (χ3v) is 2.69. The molecule has 0 amide bonds. The largest absolute Gasteiger partial charge is 3.00 e. The third-order valence-electron chi connectivity index (χ3n) is 2.69. The van der Waals surface area contributed by atoms with E-state index in [2.05, 4.69) is 39.0 Å². The van der Waals surface area contributed by atoms with Crippen LogP contribution < -0.4 is 24.8 Å². The van der Waals surface area contributed by atoms with E-state index in [4.69, 9.17) is 0 Å². The Bertz CT molecular complexity index is 282. The van der Waals surface area contributed by atoms with Crippen LogP contribution in [0.2, 0.25) is 0 Å². The Labute approximate surface area is 125 Å². The monoisotopic (exact) mass is 321 g/mol. The fourth-order valence-electron chi connectivity index (χ4n) is 1.60. The van der Waals surface area contributed by atoms with Gasteiger partial charge in [-0.1, -0.05) is 39.5 Å². The fraction of sp³-hybridized carbons (Fsp3) is 0.583. The molecule has 0 bridgehead atoms. The molecule has 1 aromatic rings. The van der Waals surface area contributed by atoms with Crippen LogP contribution in [0.3, 0.4) is 0 Å². The fourth-order valence-corrected chi connectivity index (χ4v) is 1.60. The number of halogens is 2. The van der Waals surface area contributed by atoms with Crippen LogP contribution in [-0.4, -0.2) is 0 Å². The average Bonchev–Trinajstić information content (AvgIpc) is 2.66. The molecule has 0 aromatic heterocycles. The van der Waals surface area contributed by atoms with E-state index in [9.17, 15) is 0 Å². The van der Waals surface area contributed by atoms with E-state index < -0.39 is 0 Å². The van der Waals surface area contributed by atoms with Crippen LogP contribution in [-0.2, 0) is 31.6 Å². The minimum Gasteiger partial charge on any atom is -1.00 e. The maximum Gasteiger partial charge on any atom is 3.00 e. The molecule has 2 rings (SSSR count). The van der Waals surface area contributed by atoms with Crippen LogP contribution in [0.1, 0.15) is 50.7 Å². The first-order valence-corrected chi connectivity index (χ1v) is 4.84. The summed E-state index contributed by atoms with van der Waals surface area (Å²) in [5.41, 5.74) is 3.39. The molecular weight excluding hydrogens is 306 g/mol. The van der Waals surface area contributed by atoms with Gasteiger partial charge in [0.15, 0.2) is 0 Å². The van der Waals surface area contributed by atoms with E-state index in [0.717, 1.165) is 5.92 Å². The Hall–Kier alpha value is 0.813. The second-order valence-electron chi connectivity index (χ2n) is 4.96. The second kappa shape index (κ2) is 6.52. The van der Waals surface area contributed by atoms with Crippen molar-refractivity contribution >= 4 is 0 Å². The van der Waals surface area contributed by atoms with Gasteiger partial charge in [-0.2, -0.15) is 23.3 Å². The quantitative estimate of drug-likeness (QED) is 0.505. The third kappa shape index (κ3) is 4.67. The molecule has 0 spiro atoms. The van der Waals surface area contributed by atoms with Crippen molar-refractivity contribution in [3.8, 4) is 0 Å². The zero-order valence-electron chi connectivity index (χ0n) is 9.48. The summed E-state index contributed by atoms with van der Waals surface area (Å²) >= 11 is 0. The molecule has 1 radical (unpaired) electrons. The van der Waals surface area contributed by atoms with Crippen molar-refractivity contribution in [2.24, 2.45) is 0 Å². The molecular formula is C12H17Cl2Zr. The van der Waals surface area contributed by atoms with Gasteiger partial charge in [0.2, 0.25) is 0 Å². The van der Waals surface area contributed by atoms with Crippen molar-refractivity contribution < 1.29 is 51.0 Å². The van der Waals surface area contributed by atoms with Crippen molar-refractivity contribution in [3.63, 3.8) is 0 Å². The Morgan fingerprint density at radius 1 is 1.20 bits per heavy atom. The summed E-state index contributed by atoms with van der Waals surface area (Å²) < 4.78 is 0. The predicted molar refractivity (Wildman–Crippen MR) is 52.7 cm³/mol. The van der Waals surface area contributed by atoms with Crippen LogP contribution in [0.4, 0.5) is 0 Å². The Morgan fingerprint density at radius 3 is 2.07 bits per heavy atom. The summed E-state index contributed by atoms with van der Waals surface area (Å²) in [6.45, 7) is 6.83. The van der Waals surface area contributed by atoms with Crippen molar-refractivity contribution in [3.05, 3.63) is 29.3 Å². The molecule has 0 N–H and O–H groups in total. The minimum absolute atomic E-state index is 0. The zero-order valence-corrected chi connectivity index (χ0v) is 13.4. The smallest absolute Gasteiger partial charge is 1.00 e. The van der Waals surface area contributed by atoms with Gasteiger partial charge in [-0.3, -0.25) is 0 Å². The molecule has 83 valence electrons. The van der Waals surface area contributed by atoms with Gasteiger partial charge in [0, 0.05) is 0 Å². The summed E-state index contributed by atoms with van der Waals surface area (Å²) in [7, 11) is 0. The molecule has 1 aliphatic rings. The van der Waals surface area contributed by atoms with Gasteiger partial charge in [0.1, 0.15) is 0 Å². The summed E-state index contributed by atoms with van der Waals surface area (Å²) in [5.74, 6) is 0.904. The first-order chi connectivity index (χ1) is 5.57. The van der Waals surface area contributed by atoms with Gasteiger partial charge in [-0.25, -0.2) is 6.07 Å². The summed E-state index contributed by atoms with van der Waals surface area (Å²) in [6.07, 6.45) is 2.82. The normalized spacial score (nSPS) is 14.6. The maximum atomic E-state index is 2.39. The second-order valence-corrected chi connectivity index (χ2v) is 4.96. The molecule has 1 aliphatic carbocycles. The average molecular weight is 323 g/mol. The van der Waals surface area contributed by atoms with Crippen molar-refractivity contribution in [1.82, 2.24) is 0 Å². The van der Waals surface area contributed by atoms with E-state index >= 15 is 0 Å². The molecule has 0 aliphatic heterocycles. The molecule has 15 heavy (non-hydrogen) atoms. The Morgan fingerprint density at radius 2 is 1.73 bits per heavy atom. The number of hydrogen-bond acceptors (Lipinski definition) is 0. The number of hydrogen-bond donors (Lipinski definition) is 0. The van der Waals surface area contributed by atoms with Gasteiger partial charge in [-0.15, -0.1) is 0 Å². The van der Waals surface area contributed by atoms with Crippen molar-refractivity contribution in [2.45, 2.75) is 44.9 Å². The molecule has 1 saturated carbocycles. The van der Waals surface area contributed by atoms with Crippen molar-refractivity contribution in [1.29, 1.82) is 0 Å². The summed E-state index contributed by atoms with van der Waals surface area (Å²) in [6, 6.07) is 6.98. The summed E-state index contributed by atoms with van der Waals surface area (Å²) in [5, 5.41) is 0. The van der Waals surface area contributed by atoms with Crippen molar-refractivity contribution in [2.75, 3.05) is 0 Å². The SMILES string of the molecule is CC(C)(C)c1cc(C2CC2)c[cH-]1.[Cl-].[Cl-].[Zr+3]. The molecule has 0 saturated heterocycles. The number of rotatable bonds is 1. The van der Waals surface area contributed by atoms with E-state index in [1.165, 1.54) is 18.4 Å². The first kappa shape index (κ1) is 18.2. The van der Waals surface area contributed by atoms with Crippen LogP contribution in [0.25, 0.3) is 0 Å². The summed E-state index contributed by atoms with van der Waals surface area (Å²) in [4.78, 5) is 0. The molecule has 0 unspecified atom stereocenters. The van der Waals surface area contributed by atoms with Crippen LogP contribution in [0.15, 0.2) is 18.2 Å². The van der Waals surface area contributed by atoms with E-state index in [1.54, 1.807) is 5.56 Å².